The number of nitrogens with zero attached hydrogens (tertiary/aromatic N) is 1. The van der Waals surface area contributed by atoms with Crippen LogP contribution in [0.15, 0.2) is 10.2 Å². The van der Waals surface area contributed by atoms with Gasteiger partial charge in [0.2, 0.25) is 5.91 Å². The van der Waals surface area contributed by atoms with Crippen LogP contribution in [-0.2, 0) is 11.3 Å². The second-order valence-electron chi connectivity index (χ2n) is 3.32. The predicted molar refractivity (Wildman–Crippen MR) is 59.5 cm³/mol. The van der Waals surface area contributed by atoms with Crippen LogP contribution in [0.4, 0.5) is 0 Å². The Kier molecular flexibility index (Phi) is 4.51. The number of unbranched alkanes of at least 4 members (excludes halogenated alkanes) is 1. The summed E-state index contributed by atoms with van der Waals surface area (Å²) in [5.74, 6) is 4.78. The standard InChI is InChI=1S/C9H15N3O2S/c1-7-6-15-9(14)12(7)5-3-2-4-8(13)11-10/h6H,2-5,10H2,1H3,(H,11,13). The van der Waals surface area contributed by atoms with Crippen molar-refractivity contribution < 1.29 is 4.79 Å². The molecule has 0 aliphatic heterocycles. The number of carbonyl (C=O) groups excluding carboxylic acids is 1. The zero-order chi connectivity index (χ0) is 11.3. The first-order chi connectivity index (χ1) is 7.15. The van der Waals surface area contributed by atoms with Gasteiger partial charge >= 0.3 is 4.87 Å². The number of thiazole rings is 1. The lowest BCUT2D eigenvalue weighted by Gasteiger charge is -2.03. The van der Waals surface area contributed by atoms with Crippen molar-refractivity contribution >= 4 is 17.2 Å². The highest BCUT2D eigenvalue weighted by Gasteiger charge is 2.02. The first kappa shape index (κ1) is 11.9. The van der Waals surface area contributed by atoms with Crippen molar-refractivity contribution in [3.8, 4) is 0 Å². The van der Waals surface area contributed by atoms with E-state index in [-0.39, 0.29) is 10.8 Å². The molecule has 3 N–H and O–H groups in total. The highest BCUT2D eigenvalue weighted by atomic mass is 32.1. The van der Waals surface area contributed by atoms with Crippen LogP contribution in [0.25, 0.3) is 0 Å². The lowest BCUT2D eigenvalue weighted by molar-refractivity contribution is -0.121. The van der Waals surface area contributed by atoms with Crippen molar-refractivity contribution in [2.75, 3.05) is 0 Å². The minimum absolute atomic E-state index is 0.0655. The number of aromatic nitrogens is 1. The van der Waals surface area contributed by atoms with Crippen LogP contribution in [0.1, 0.15) is 25.0 Å². The molecular formula is C9H15N3O2S. The van der Waals surface area contributed by atoms with E-state index in [0.29, 0.717) is 13.0 Å². The lowest BCUT2D eigenvalue weighted by atomic mass is 10.2. The van der Waals surface area contributed by atoms with Crippen molar-refractivity contribution in [2.45, 2.75) is 32.7 Å². The van der Waals surface area contributed by atoms with E-state index in [1.807, 2.05) is 12.3 Å². The minimum atomic E-state index is -0.163. The fourth-order valence-corrected chi connectivity index (χ4v) is 2.06. The van der Waals surface area contributed by atoms with E-state index in [0.717, 1.165) is 18.5 Å². The average Bonchev–Trinajstić information content (AvgIpc) is 2.54. The van der Waals surface area contributed by atoms with E-state index in [1.54, 1.807) is 4.57 Å². The van der Waals surface area contributed by atoms with E-state index in [2.05, 4.69) is 5.43 Å². The number of rotatable bonds is 5. The number of hydrazine groups is 1. The summed E-state index contributed by atoms with van der Waals surface area (Å²) in [4.78, 5) is 22.2. The van der Waals surface area contributed by atoms with Crippen molar-refractivity contribution in [2.24, 2.45) is 5.84 Å². The zero-order valence-electron chi connectivity index (χ0n) is 8.66. The Balaban J connectivity index is 2.32. The molecule has 0 fully saturated rings. The van der Waals surface area contributed by atoms with E-state index in [1.165, 1.54) is 11.3 Å². The zero-order valence-corrected chi connectivity index (χ0v) is 9.47. The largest absolute Gasteiger partial charge is 0.307 e. The lowest BCUT2D eigenvalue weighted by Crippen LogP contribution is -2.29. The number of aryl methyl sites for hydroxylation is 1. The summed E-state index contributed by atoms with van der Waals surface area (Å²) in [6.07, 6.45) is 1.96. The van der Waals surface area contributed by atoms with E-state index >= 15 is 0 Å². The third-order valence-electron chi connectivity index (χ3n) is 2.17. The highest BCUT2D eigenvalue weighted by Crippen LogP contribution is 2.03. The Hall–Kier alpha value is -1.14. The van der Waals surface area contributed by atoms with E-state index in [9.17, 15) is 9.59 Å². The van der Waals surface area contributed by atoms with Gasteiger partial charge in [0.1, 0.15) is 0 Å². The van der Waals surface area contributed by atoms with Gasteiger partial charge in [-0.1, -0.05) is 11.3 Å². The van der Waals surface area contributed by atoms with Crippen LogP contribution in [0.2, 0.25) is 0 Å². The average molecular weight is 229 g/mol. The van der Waals surface area contributed by atoms with Gasteiger partial charge in [-0.15, -0.1) is 0 Å². The maximum absolute atomic E-state index is 11.3. The van der Waals surface area contributed by atoms with E-state index < -0.39 is 0 Å². The van der Waals surface area contributed by atoms with Crippen molar-refractivity contribution in [1.82, 2.24) is 9.99 Å². The molecule has 0 saturated carbocycles. The molecule has 0 bridgehead atoms. The number of nitrogens with two attached hydrogens (primary N) is 1. The summed E-state index contributed by atoms with van der Waals surface area (Å²) >= 11 is 1.21. The van der Waals surface area contributed by atoms with Gasteiger partial charge in [-0.3, -0.25) is 15.0 Å². The molecule has 0 unspecified atom stereocenters. The molecule has 1 rings (SSSR count). The molecule has 0 saturated heterocycles. The molecular weight excluding hydrogens is 214 g/mol. The second kappa shape index (κ2) is 5.67. The van der Waals surface area contributed by atoms with Gasteiger partial charge in [-0.2, -0.15) is 0 Å². The Morgan fingerprint density at radius 1 is 1.60 bits per heavy atom. The van der Waals surface area contributed by atoms with Crippen LogP contribution in [-0.4, -0.2) is 10.5 Å². The molecule has 0 aliphatic rings. The van der Waals surface area contributed by atoms with Crippen LogP contribution in [0.3, 0.4) is 0 Å². The number of nitrogens with one attached hydrogen (secondary N) is 1. The maximum atomic E-state index is 11.3. The summed E-state index contributed by atoms with van der Waals surface area (Å²) in [6, 6.07) is 0. The van der Waals surface area contributed by atoms with Crippen molar-refractivity contribution in [3.63, 3.8) is 0 Å². The van der Waals surface area contributed by atoms with E-state index in [4.69, 9.17) is 5.84 Å². The minimum Gasteiger partial charge on any atom is -0.303 e. The third-order valence-corrected chi connectivity index (χ3v) is 3.05. The van der Waals surface area contributed by atoms with Crippen molar-refractivity contribution in [3.05, 3.63) is 20.7 Å². The topological polar surface area (TPSA) is 77.1 Å². The number of hydrogen-bond donors (Lipinski definition) is 2. The quantitative estimate of drug-likeness (QED) is 0.331. The van der Waals surface area contributed by atoms with Gasteiger partial charge in [0.05, 0.1) is 0 Å². The second-order valence-corrected chi connectivity index (χ2v) is 4.14. The monoisotopic (exact) mass is 229 g/mol. The van der Waals surface area contributed by atoms with Crippen LogP contribution in [0.5, 0.6) is 0 Å². The number of carbonyl (C=O) groups is 1. The summed E-state index contributed by atoms with van der Waals surface area (Å²) in [5.41, 5.74) is 3.06. The molecule has 1 heterocycles. The van der Waals surface area contributed by atoms with Crippen LogP contribution in [0, 0.1) is 6.92 Å². The SMILES string of the molecule is Cc1csc(=O)n1CCCCC(=O)NN. The summed E-state index contributed by atoms with van der Waals surface area (Å²) < 4.78 is 1.73. The highest BCUT2D eigenvalue weighted by molar-refractivity contribution is 7.07. The normalized spacial score (nSPS) is 10.3. The molecule has 5 nitrogen and oxygen atoms in total. The fraction of sp³-hybridized carbons (Fsp3) is 0.556. The number of hydrogen-bond acceptors (Lipinski definition) is 4. The van der Waals surface area contributed by atoms with Crippen LogP contribution < -0.4 is 16.1 Å². The number of amides is 1. The van der Waals surface area contributed by atoms with Gasteiger partial charge in [-0.25, -0.2) is 5.84 Å². The third kappa shape index (κ3) is 3.49. The molecule has 0 aromatic carbocycles. The molecule has 6 heteroatoms. The molecule has 0 spiro atoms. The molecule has 1 aromatic heterocycles. The Labute approximate surface area is 91.9 Å². The van der Waals surface area contributed by atoms with Crippen molar-refractivity contribution in [1.29, 1.82) is 0 Å². The van der Waals surface area contributed by atoms with Gasteiger partial charge in [0.15, 0.2) is 0 Å². The smallest absolute Gasteiger partial charge is 0.303 e. The van der Waals surface area contributed by atoms with Crippen LogP contribution >= 0.6 is 11.3 Å². The van der Waals surface area contributed by atoms with Gasteiger partial charge in [0, 0.05) is 24.0 Å². The molecule has 0 atom stereocenters. The summed E-state index contributed by atoms with van der Waals surface area (Å²) in [5, 5.41) is 1.84. The molecule has 0 radical (unpaired) electrons. The molecule has 0 aliphatic carbocycles. The van der Waals surface area contributed by atoms with Gasteiger partial charge < -0.3 is 4.57 Å². The fourth-order valence-electron chi connectivity index (χ4n) is 1.30. The van der Waals surface area contributed by atoms with Gasteiger partial charge in [0.25, 0.3) is 0 Å². The molecule has 1 aromatic rings. The first-order valence-corrected chi connectivity index (χ1v) is 5.67. The molecule has 1 amide bonds. The summed E-state index contributed by atoms with van der Waals surface area (Å²) in [7, 11) is 0. The Bertz CT molecular complexity index is 383. The molecule has 15 heavy (non-hydrogen) atoms. The first-order valence-electron chi connectivity index (χ1n) is 4.79. The predicted octanol–water partition coefficient (Wildman–Crippen LogP) is 0.378. The Morgan fingerprint density at radius 2 is 2.33 bits per heavy atom. The maximum Gasteiger partial charge on any atom is 0.307 e. The summed E-state index contributed by atoms with van der Waals surface area (Å²) in [6.45, 7) is 2.58. The Morgan fingerprint density at radius 3 is 2.87 bits per heavy atom. The molecule has 84 valence electrons. The van der Waals surface area contributed by atoms with Gasteiger partial charge in [-0.05, 0) is 19.8 Å².